The summed E-state index contributed by atoms with van der Waals surface area (Å²) in [6.45, 7) is 2.04. The van der Waals surface area contributed by atoms with Crippen LogP contribution in [0.2, 0.25) is 0 Å². The lowest BCUT2D eigenvalue weighted by atomic mass is 9.88. The average Bonchev–Trinajstić information content (AvgIpc) is 2.85. The standard InChI is InChI=1S/C18H16NO2S/c1-11-12-7-3-5-9-14(12)21-18(20)16(11)17-19(2)13-8-4-6-10-15(13)22-17/h3-10,14,16H,1-2H3/q+1. The van der Waals surface area contributed by atoms with Crippen molar-refractivity contribution in [2.24, 2.45) is 7.05 Å². The van der Waals surface area contributed by atoms with Crippen molar-refractivity contribution in [1.82, 2.24) is 0 Å². The molecule has 2 heterocycles. The minimum absolute atomic E-state index is 0.159. The molecule has 110 valence electrons. The van der Waals surface area contributed by atoms with E-state index in [9.17, 15) is 4.79 Å². The Morgan fingerprint density at radius 1 is 1.23 bits per heavy atom. The molecule has 1 aromatic carbocycles. The summed E-state index contributed by atoms with van der Waals surface area (Å²) in [6, 6.07) is 8.22. The van der Waals surface area contributed by atoms with Gasteiger partial charge in [0.1, 0.15) is 17.9 Å². The second kappa shape index (κ2) is 4.92. The Kier molecular flexibility index (Phi) is 3.01. The zero-order chi connectivity index (χ0) is 15.3. The Bertz CT molecular complexity index is 872. The molecule has 0 saturated heterocycles. The number of ether oxygens (including phenoxy) is 1. The number of para-hydroxylation sites is 1. The molecule has 2 unspecified atom stereocenters. The van der Waals surface area contributed by atoms with Gasteiger partial charge in [-0.25, -0.2) is 0 Å². The van der Waals surface area contributed by atoms with E-state index >= 15 is 0 Å². The van der Waals surface area contributed by atoms with Crippen LogP contribution in [0.1, 0.15) is 17.8 Å². The second-order valence-corrected chi connectivity index (χ2v) is 6.70. The van der Waals surface area contributed by atoms with Gasteiger partial charge in [0.15, 0.2) is 5.92 Å². The number of benzene rings is 1. The molecule has 4 heteroatoms. The number of aromatic nitrogens is 1. The largest absolute Gasteiger partial charge is 0.452 e. The Morgan fingerprint density at radius 2 is 2.05 bits per heavy atom. The molecule has 0 spiro atoms. The Labute approximate surface area is 132 Å². The molecular weight excluding hydrogens is 294 g/mol. The second-order valence-electron chi connectivity index (χ2n) is 5.64. The minimum Gasteiger partial charge on any atom is -0.452 e. The number of allylic oxidation sites excluding steroid dienone is 2. The fourth-order valence-electron chi connectivity index (χ4n) is 3.18. The highest BCUT2D eigenvalue weighted by Crippen LogP contribution is 2.38. The van der Waals surface area contributed by atoms with Crippen LogP contribution in [0.25, 0.3) is 10.2 Å². The van der Waals surface area contributed by atoms with Crippen LogP contribution in [-0.4, -0.2) is 12.1 Å². The van der Waals surface area contributed by atoms with E-state index in [4.69, 9.17) is 4.74 Å². The summed E-state index contributed by atoms with van der Waals surface area (Å²) >= 11 is 1.66. The summed E-state index contributed by atoms with van der Waals surface area (Å²) in [5, 5.41) is 1.03. The third kappa shape index (κ3) is 1.87. The van der Waals surface area contributed by atoms with E-state index in [1.54, 1.807) is 11.3 Å². The SMILES string of the molecule is CC1=C2C=CC=CC2OC(=O)C1c1sc2ccccc2[n+]1C. The molecule has 4 rings (SSSR count). The molecule has 0 radical (unpaired) electrons. The Morgan fingerprint density at radius 3 is 2.86 bits per heavy atom. The van der Waals surface area contributed by atoms with Gasteiger partial charge in [0.2, 0.25) is 5.52 Å². The van der Waals surface area contributed by atoms with Crippen molar-refractivity contribution in [3.63, 3.8) is 0 Å². The number of hydrogen-bond acceptors (Lipinski definition) is 3. The highest BCUT2D eigenvalue weighted by Gasteiger charge is 2.41. The van der Waals surface area contributed by atoms with Gasteiger partial charge in [-0.05, 0) is 30.2 Å². The third-order valence-corrected chi connectivity index (χ3v) is 5.65. The van der Waals surface area contributed by atoms with E-state index in [-0.39, 0.29) is 18.0 Å². The van der Waals surface area contributed by atoms with Gasteiger partial charge in [-0.2, -0.15) is 4.57 Å². The molecule has 0 saturated carbocycles. The molecule has 2 aliphatic rings. The maximum Gasteiger partial charge on any atom is 0.325 e. The highest BCUT2D eigenvalue weighted by molar-refractivity contribution is 7.18. The molecule has 0 bridgehead atoms. The van der Waals surface area contributed by atoms with Crippen LogP contribution in [0.15, 0.2) is 59.7 Å². The molecular formula is C18H16NO2S+. The van der Waals surface area contributed by atoms with Gasteiger partial charge < -0.3 is 4.74 Å². The minimum atomic E-state index is -0.315. The van der Waals surface area contributed by atoms with Crippen molar-refractivity contribution in [2.75, 3.05) is 0 Å². The summed E-state index contributed by atoms with van der Waals surface area (Å²) in [7, 11) is 2.02. The summed E-state index contributed by atoms with van der Waals surface area (Å²) in [4.78, 5) is 12.6. The first-order valence-corrected chi connectivity index (χ1v) is 8.12. The van der Waals surface area contributed by atoms with E-state index in [1.165, 1.54) is 4.70 Å². The van der Waals surface area contributed by atoms with Gasteiger partial charge in [0, 0.05) is 6.07 Å². The lowest BCUT2D eigenvalue weighted by Gasteiger charge is -2.28. The number of carbonyl (C=O) groups excluding carboxylic acids is 1. The van der Waals surface area contributed by atoms with E-state index in [0.717, 1.165) is 21.7 Å². The molecule has 0 N–H and O–H groups in total. The van der Waals surface area contributed by atoms with Crippen molar-refractivity contribution in [3.05, 3.63) is 64.7 Å². The van der Waals surface area contributed by atoms with Crippen molar-refractivity contribution in [1.29, 1.82) is 0 Å². The number of carbonyl (C=O) groups is 1. The Balaban J connectivity index is 1.90. The molecule has 2 aromatic rings. The van der Waals surface area contributed by atoms with Crippen LogP contribution < -0.4 is 4.57 Å². The third-order valence-electron chi connectivity index (χ3n) is 4.37. The van der Waals surface area contributed by atoms with E-state index in [1.807, 2.05) is 50.4 Å². The van der Waals surface area contributed by atoms with Gasteiger partial charge in [0.05, 0.1) is 0 Å². The smallest absolute Gasteiger partial charge is 0.325 e. The zero-order valence-electron chi connectivity index (χ0n) is 12.4. The Hall–Kier alpha value is -2.20. The number of thiazole rings is 1. The number of aryl methyl sites for hydroxylation is 1. The summed E-state index contributed by atoms with van der Waals surface area (Å²) in [5.74, 6) is -0.474. The molecule has 1 aromatic heterocycles. The molecule has 0 fully saturated rings. The van der Waals surface area contributed by atoms with Crippen molar-refractivity contribution < 1.29 is 14.1 Å². The summed E-state index contributed by atoms with van der Waals surface area (Å²) < 4.78 is 8.93. The molecule has 1 aliphatic heterocycles. The van der Waals surface area contributed by atoms with Gasteiger partial charge in [-0.3, -0.25) is 4.79 Å². The van der Waals surface area contributed by atoms with Crippen molar-refractivity contribution in [3.8, 4) is 0 Å². The van der Waals surface area contributed by atoms with Crippen molar-refractivity contribution >= 4 is 27.5 Å². The number of rotatable bonds is 1. The van der Waals surface area contributed by atoms with Gasteiger partial charge in [0.25, 0.3) is 5.01 Å². The van der Waals surface area contributed by atoms with Crippen LogP contribution in [0.5, 0.6) is 0 Å². The molecule has 22 heavy (non-hydrogen) atoms. The fourth-order valence-corrected chi connectivity index (χ4v) is 4.48. The number of esters is 1. The zero-order valence-corrected chi connectivity index (χ0v) is 13.3. The number of hydrogen-bond donors (Lipinski definition) is 0. The van der Waals surface area contributed by atoms with Crippen LogP contribution in [0.3, 0.4) is 0 Å². The normalized spacial score (nSPS) is 23.8. The van der Waals surface area contributed by atoms with Gasteiger partial charge >= 0.3 is 5.97 Å². The summed E-state index contributed by atoms with van der Waals surface area (Å²) in [5.41, 5.74) is 3.34. The quantitative estimate of drug-likeness (QED) is 0.598. The predicted molar refractivity (Wildman–Crippen MR) is 86.6 cm³/mol. The fraction of sp³-hybridized carbons (Fsp3) is 0.222. The number of nitrogens with zero attached hydrogens (tertiary/aromatic N) is 1. The lowest BCUT2D eigenvalue weighted by molar-refractivity contribution is -0.648. The first-order valence-electron chi connectivity index (χ1n) is 7.30. The van der Waals surface area contributed by atoms with Crippen LogP contribution in [0, 0.1) is 0 Å². The lowest BCUT2D eigenvalue weighted by Crippen LogP contribution is -2.39. The topological polar surface area (TPSA) is 30.2 Å². The van der Waals surface area contributed by atoms with Crippen molar-refractivity contribution in [2.45, 2.75) is 18.9 Å². The highest BCUT2D eigenvalue weighted by atomic mass is 32.1. The molecule has 0 amide bonds. The molecule has 3 nitrogen and oxygen atoms in total. The maximum atomic E-state index is 12.6. The maximum absolute atomic E-state index is 12.6. The van der Waals surface area contributed by atoms with Crippen LogP contribution in [-0.2, 0) is 16.6 Å². The monoisotopic (exact) mass is 310 g/mol. The molecule has 2 atom stereocenters. The van der Waals surface area contributed by atoms with Crippen LogP contribution in [0.4, 0.5) is 0 Å². The number of fused-ring (bicyclic) bond motifs is 2. The van der Waals surface area contributed by atoms with E-state index < -0.39 is 0 Å². The predicted octanol–water partition coefficient (Wildman–Crippen LogP) is 3.18. The van der Waals surface area contributed by atoms with E-state index in [0.29, 0.717) is 0 Å². The van der Waals surface area contributed by atoms with E-state index in [2.05, 4.69) is 16.7 Å². The first kappa shape index (κ1) is 13.5. The first-order chi connectivity index (χ1) is 10.7. The molecule has 1 aliphatic carbocycles. The van der Waals surface area contributed by atoms with Gasteiger partial charge in [-0.1, -0.05) is 41.7 Å². The van der Waals surface area contributed by atoms with Crippen LogP contribution >= 0.6 is 11.3 Å². The van der Waals surface area contributed by atoms with Gasteiger partial charge in [-0.15, -0.1) is 0 Å². The average molecular weight is 310 g/mol. The summed E-state index contributed by atoms with van der Waals surface area (Å²) in [6.07, 6.45) is 7.67.